The van der Waals surface area contributed by atoms with Crippen molar-refractivity contribution in [3.63, 3.8) is 0 Å². The van der Waals surface area contributed by atoms with E-state index in [9.17, 15) is 9.59 Å². The summed E-state index contributed by atoms with van der Waals surface area (Å²) in [7, 11) is 0. The Balaban J connectivity index is 0. The van der Waals surface area contributed by atoms with E-state index in [0.717, 1.165) is 0 Å². The van der Waals surface area contributed by atoms with E-state index in [4.69, 9.17) is 30.6 Å². The first-order chi connectivity index (χ1) is 6.29. The van der Waals surface area contributed by atoms with Crippen molar-refractivity contribution in [1.82, 2.24) is 0 Å². The van der Waals surface area contributed by atoms with Gasteiger partial charge in [-0.3, -0.25) is 0 Å². The number of hydrogen-bond donors (Lipinski definition) is 6. The molecule has 0 aliphatic heterocycles. The van der Waals surface area contributed by atoms with Gasteiger partial charge in [-0.05, 0) is 0 Å². The molecule has 4 unspecified atom stereocenters. The van der Waals surface area contributed by atoms with Crippen molar-refractivity contribution in [2.24, 2.45) is 0 Å². The number of aliphatic hydroxyl groups excluding tert-OH is 4. The number of rotatable bonds is 5. The predicted octanol–water partition coefficient (Wildman–Crippen LogP) is -3.40. The van der Waals surface area contributed by atoms with E-state index in [2.05, 4.69) is 0 Å². The van der Waals surface area contributed by atoms with E-state index < -0.39 is 36.4 Å². The van der Waals surface area contributed by atoms with Crippen molar-refractivity contribution in [1.29, 1.82) is 0 Å². The van der Waals surface area contributed by atoms with Gasteiger partial charge in [-0.2, -0.15) is 0 Å². The van der Waals surface area contributed by atoms with E-state index >= 15 is 0 Å². The van der Waals surface area contributed by atoms with Crippen LogP contribution in [-0.4, -0.2) is 67.0 Å². The van der Waals surface area contributed by atoms with Crippen LogP contribution < -0.4 is 0 Å². The van der Waals surface area contributed by atoms with Crippen LogP contribution >= 0.6 is 0 Å². The molecule has 0 saturated heterocycles. The smallest absolute Gasteiger partial charge is 0.335 e. The minimum absolute atomic E-state index is 0. The van der Waals surface area contributed by atoms with Gasteiger partial charge in [-0.25, -0.2) is 9.59 Å². The van der Waals surface area contributed by atoms with Crippen LogP contribution in [0.5, 0.6) is 0 Å². The zero-order valence-electron chi connectivity index (χ0n) is 7.10. The van der Waals surface area contributed by atoms with Crippen LogP contribution in [0.15, 0.2) is 0 Å². The molecule has 15 heavy (non-hydrogen) atoms. The molecule has 8 nitrogen and oxygen atoms in total. The molecule has 9 heteroatoms. The SMILES string of the molecule is O=C(O)C(O)C(O)C(O)C(O)C(=O)O.[Er]. The number of hydrogen-bond acceptors (Lipinski definition) is 6. The Morgan fingerprint density at radius 3 is 1.07 bits per heavy atom. The van der Waals surface area contributed by atoms with Gasteiger partial charge < -0.3 is 30.6 Å². The van der Waals surface area contributed by atoms with Crippen molar-refractivity contribution >= 4 is 11.9 Å². The van der Waals surface area contributed by atoms with Crippen molar-refractivity contribution in [2.45, 2.75) is 24.4 Å². The molecule has 0 heterocycles. The Kier molecular flexibility index (Phi) is 8.51. The van der Waals surface area contributed by atoms with Crippen LogP contribution in [0.3, 0.4) is 0 Å². The van der Waals surface area contributed by atoms with Gasteiger partial charge in [0.1, 0.15) is 12.2 Å². The third kappa shape index (κ3) is 5.06. The normalized spacial score (nSPS) is 18.1. The van der Waals surface area contributed by atoms with E-state index in [1.165, 1.54) is 0 Å². The molecule has 0 rings (SSSR count). The largest absolute Gasteiger partial charge is 0.479 e. The number of carboxylic acids is 2. The van der Waals surface area contributed by atoms with Crippen LogP contribution in [0.1, 0.15) is 0 Å². The summed E-state index contributed by atoms with van der Waals surface area (Å²) < 4.78 is 0. The summed E-state index contributed by atoms with van der Waals surface area (Å²) in [5.41, 5.74) is 0. The van der Waals surface area contributed by atoms with Crippen molar-refractivity contribution < 1.29 is 77.5 Å². The van der Waals surface area contributed by atoms with Gasteiger partial charge in [0.2, 0.25) is 0 Å². The van der Waals surface area contributed by atoms with Gasteiger partial charge >= 0.3 is 11.9 Å². The molecule has 4 atom stereocenters. The molecule has 0 amide bonds. The summed E-state index contributed by atoms with van der Waals surface area (Å²) in [6.45, 7) is 0. The second-order valence-electron chi connectivity index (χ2n) is 2.55. The summed E-state index contributed by atoms with van der Waals surface area (Å²) in [6, 6.07) is 0. The van der Waals surface area contributed by atoms with E-state index in [1.807, 2.05) is 0 Å². The summed E-state index contributed by atoms with van der Waals surface area (Å²) in [6.07, 6.45) is -9.28. The molecule has 0 fully saturated rings. The Morgan fingerprint density at radius 1 is 0.733 bits per heavy atom. The molecule has 0 aromatic heterocycles. The van der Waals surface area contributed by atoms with E-state index in [1.54, 1.807) is 0 Å². The molecule has 0 aromatic carbocycles. The van der Waals surface area contributed by atoms with Crippen LogP contribution in [0.4, 0.5) is 0 Å². The molecule has 94 valence electrons. The standard InChI is InChI=1S/C6H10O8.Er/c7-1(3(9)5(11)12)2(8)4(10)6(13)14;/h1-4,7-10H,(H,11,12)(H,13,14);. The molecule has 0 saturated carbocycles. The summed E-state index contributed by atoms with van der Waals surface area (Å²) in [5.74, 6) is -3.68. The van der Waals surface area contributed by atoms with Crippen molar-refractivity contribution in [3.8, 4) is 0 Å². The molecular weight excluding hydrogens is 367 g/mol. The third-order valence-corrected chi connectivity index (χ3v) is 1.50. The van der Waals surface area contributed by atoms with Gasteiger partial charge in [-0.1, -0.05) is 0 Å². The topological polar surface area (TPSA) is 156 Å². The summed E-state index contributed by atoms with van der Waals surface area (Å²) >= 11 is 0. The first kappa shape index (κ1) is 17.4. The predicted molar refractivity (Wildman–Crippen MR) is 39.3 cm³/mol. The van der Waals surface area contributed by atoms with Crippen LogP contribution in [0, 0.1) is 37.3 Å². The van der Waals surface area contributed by atoms with Crippen LogP contribution in [0.25, 0.3) is 0 Å². The number of aliphatic carboxylic acids is 2. The number of aliphatic hydroxyl groups is 4. The molecule has 0 bridgehead atoms. The van der Waals surface area contributed by atoms with Gasteiger partial charge in [0.15, 0.2) is 12.2 Å². The van der Waals surface area contributed by atoms with Gasteiger partial charge in [0.05, 0.1) is 0 Å². The van der Waals surface area contributed by atoms with E-state index in [-0.39, 0.29) is 37.3 Å². The second kappa shape index (κ2) is 7.32. The maximum absolute atomic E-state index is 10.1. The fourth-order valence-corrected chi connectivity index (χ4v) is 0.666. The molecule has 0 aromatic rings. The average molecular weight is 377 g/mol. The molecule has 0 aliphatic carbocycles. The number of carboxylic acid groups (broad SMARTS) is 2. The zero-order valence-corrected chi connectivity index (χ0v) is 8.95. The van der Waals surface area contributed by atoms with Gasteiger partial charge in [-0.15, -0.1) is 0 Å². The maximum atomic E-state index is 10.1. The van der Waals surface area contributed by atoms with E-state index in [0.29, 0.717) is 0 Å². The van der Waals surface area contributed by atoms with Crippen molar-refractivity contribution in [3.05, 3.63) is 0 Å². The first-order valence-corrected chi connectivity index (χ1v) is 3.47. The minimum Gasteiger partial charge on any atom is -0.479 e. The Bertz CT molecular complexity index is 207. The fourth-order valence-electron chi connectivity index (χ4n) is 0.666. The first-order valence-electron chi connectivity index (χ1n) is 3.47. The second-order valence-corrected chi connectivity index (χ2v) is 2.55. The average Bonchev–Trinajstić information content (AvgIpc) is 2.12. The van der Waals surface area contributed by atoms with Gasteiger partial charge in [0, 0.05) is 37.3 Å². The molecule has 0 radical (unpaired) electrons. The summed E-state index contributed by atoms with van der Waals surface area (Å²) in [5, 5.41) is 51.5. The maximum Gasteiger partial charge on any atom is 0.335 e. The summed E-state index contributed by atoms with van der Waals surface area (Å²) in [4.78, 5) is 20.2. The molecular formula is C6H10ErO8. The van der Waals surface area contributed by atoms with Crippen LogP contribution in [-0.2, 0) is 9.59 Å². The van der Waals surface area contributed by atoms with Gasteiger partial charge in [0.25, 0.3) is 0 Å². The molecule has 0 aliphatic rings. The molecule has 0 spiro atoms. The molecule has 6 N–H and O–H groups in total. The van der Waals surface area contributed by atoms with Crippen molar-refractivity contribution in [2.75, 3.05) is 0 Å². The fraction of sp³-hybridized carbons (Fsp3) is 0.667. The Morgan fingerprint density at radius 2 is 0.933 bits per heavy atom. The minimum atomic E-state index is -2.36. The van der Waals surface area contributed by atoms with Crippen LogP contribution in [0.2, 0.25) is 0 Å². The Hall–Kier alpha value is 0.0268. The monoisotopic (exact) mass is 376 g/mol. The zero-order chi connectivity index (χ0) is 11.5. The number of carbonyl (C=O) groups is 2. The quantitative estimate of drug-likeness (QED) is 0.290. The third-order valence-electron chi connectivity index (χ3n) is 1.50. The Labute approximate surface area is 113 Å².